The van der Waals surface area contributed by atoms with Crippen LogP contribution in [0.1, 0.15) is 20.8 Å². The third-order valence-electron chi connectivity index (χ3n) is 2.61. The Balaban J connectivity index is 2.80. The third-order valence-corrected chi connectivity index (χ3v) is 2.61. The lowest BCUT2D eigenvalue weighted by Crippen LogP contribution is -2.43. The fourth-order valence-corrected chi connectivity index (χ4v) is 1.95. The number of aliphatic hydroxyl groups excluding tert-OH is 1. The normalized spacial score (nSPS) is 32.9. The molecule has 1 aliphatic rings. The van der Waals surface area contributed by atoms with E-state index in [1.807, 2.05) is 0 Å². The number of rotatable bonds is 4. The fraction of sp³-hybridized carbons (Fsp3) is 0.818. The summed E-state index contributed by atoms with van der Waals surface area (Å²) >= 11 is 0. The molecule has 1 N–H and O–H groups in total. The molecule has 1 unspecified atom stereocenters. The van der Waals surface area contributed by atoms with Crippen molar-refractivity contribution in [2.45, 2.75) is 51.5 Å². The molecule has 7 nitrogen and oxygen atoms in total. The molecule has 1 aliphatic heterocycles. The molecule has 1 heterocycles. The monoisotopic (exact) mass is 262 g/mol. The molecule has 0 amide bonds. The first-order valence-electron chi connectivity index (χ1n) is 5.57. The van der Waals surface area contributed by atoms with Crippen LogP contribution in [-0.2, 0) is 28.5 Å². The topological polar surface area (TPSA) is 91.3 Å². The number of hydrogen-bond acceptors (Lipinski definition) is 7. The summed E-state index contributed by atoms with van der Waals surface area (Å²) in [5, 5.41) is 9.65. The van der Waals surface area contributed by atoms with E-state index in [0.717, 1.165) is 0 Å². The van der Waals surface area contributed by atoms with Crippen molar-refractivity contribution in [3.8, 4) is 0 Å². The number of methoxy groups -OCH3 is 1. The second-order valence-electron chi connectivity index (χ2n) is 4.08. The van der Waals surface area contributed by atoms with Gasteiger partial charge in [0.25, 0.3) is 0 Å². The second-order valence-corrected chi connectivity index (χ2v) is 4.08. The van der Waals surface area contributed by atoms with Gasteiger partial charge in [0.2, 0.25) is 0 Å². The predicted octanol–water partition coefficient (Wildman–Crippen LogP) is -0.398. The Labute approximate surface area is 105 Å². The quantitative estimate of drug-likeness (QED) is 0.689. The molecule has 0 spiro atoms. The molecule has 104 valence electrons. The molecule has 0 saturated carbocycles. The highest BCUT2D eigenvalue weighted by molar-refractivity contribution is 5.67. The number of esters is 2. The Hall–Kier alpha value is -1.18. The summed E-state index contributed by atoms with van der Waals surface area (Å²) in [6.45, 7) is 4.09. The summed E-state index contributed by atoms with van der Waals surface area (Å²) in [5.41, 5.74) is 0. The van der Waals surface area contributed by atoms with E-state index in [0.29, 0.717) is 0 Å². The van der Waals surface area contributed by atoms with Crippen LogP contribution in [0.3, 0.4) is 0 Å². The number of ether oxygens (including phenoxy) is 4. The van der Waals surface area contributed by atoms with E-state index >= 15 is 0 Å². The van der Waals surface area contributed by atoms with Crippen molar-refractivity contribution in [1.29, 1.82) is 0 Å². The molecule has 7 heteroatoms. The maximum atomic E-state index is 11.0. The van der Waals surface area contributed by atoms with Gasteiger partial charge in [-0.1, -0.05) is 0 Å². The van der Waals surface area contributed by atoms with Crippen LogP contribution in [0.2, 0.25) is 0 Å². The molecule has 0 radical (unpaired) electrons. The molecule has 0 aromatic heterocycles. The maximum absolute atomic E-state index is 11.0. The Morgan fingerprint density at radius 3 is 2.28 bits per heavy atom. The van der Waals surface area contributed by atoms with Gasteiger partial charge in [-0.05, 0) is 6.92 Å². The Morgan fingerprint density at radius 1 is 1.22 bits per heavy atom. The molecular weight excluding hydrogens is 244 g/mol. The van der Waals surface area contributed by atoms with Gasteiger partial charge >= 0.3 is 11.9 Å². The number of aliphatic hydroxyl groups is 1. The van der Waals surface area contributed by atoms with E-state index in [-0.39, 0.29) is 0 Å². The van der Waals surface area contributed by atoms with E-state index in [2.05, 4.69) is 0 Å². The van der Waals surface area contributed by atoms with Crippen LogP contribution in [0.25, 0.3) is 0 Å². The van der Waals surface area contributed by atoms with Crippen LogP contribution in [0.4, 0.5) is 0 Å². The van der Waals surface area contributed by atoms with Gasteiger partial charge in [-0.15, -0.1) is 0 Å². The SMILES string of the molecule is CO[C@H]1C(O)O[C@@H]([C@H](C)OC(C)=O)[C@H]1OC(C)=O. The summed E-state index contributed by atoms with van der Waals surface area (Å²) in [6.07, 6.45) is -4.30. The third kappa shape index (κ3) is 3.41. The van der Waals surface area contributed by atoms with Gasteiger partial charge < -0.3 is 24.1 Å². The van der Waals surface area contributed by atoms with E-state index in [4.69, 9.17) is 18.9 Å². The maximum Gasteiger partial charge on any atom is 0.303 e. The lowest BCUT2D eigenvalue weighted by molar-refractivity contribution is -0.171. The Kier molecular flexibility index (Phi) is 5.06. The van der Waals surface area contributed by atoms with Gasteiger partial charge in [0, 0.05) is 21.0 Å². The summed E-state index contributed by atoms with van der Waals surface area (Å²) in [7, 11) is 1.37. The van der Waals surface area contributed by atoms with E-state index < -0.39 is 42.6 Å². The van der Waals surface area contributed by atoms with Gasteiger partial charge in [-0.2, -0.15) is 0 Å². The Bertz CT molecular complexity index is 317. The van der Waals surface area contributed by atoms with Gasteiger partial charge in [0.05, 0.1) is 0 Å². The van der Waals surface area contributed by atoms with Gasteiger partial charge in [-0.3, -0.25) is 9.59 Å². The van der Waals surface area contributed by atoms with Gasteiger partial charge in [-0.25, -0.2) is 0 Å². The largest absolute Gasteiger partial charge is 0.460 e. The number of hydrogen-bond donors (Lipinski definition) is 1. The first-order chi connectivity index (χ1) is 8.36. The van der Waals surface area contributed by atoms with Crippen molar-refractivity contribution in [2.24, 2.45) is 0 Å². The molecule has 1 rings (SSSR count). The van der Waals surface area contributed by atoms with Crippen molar-refractivity contribution in [3.63, 3.8) is 0 Å². The van der Waals surface area contributed by atoms with Crippen LogP contribution >= 0.6 is 0 Å². The lowest BCUT2D eigenvalue weighted by atomic mass is 10.1. The first-order valence-corrected chi connectivity index (χ1v) is 5.57. The average Bonchev–Trinajstić information content (AvgIpc) is 2.53. The van der Waals surface area contributed by atoms with Crippen LogP contribution in [-0.4, -0.2) is 54.9 Å². The van der Waals surface area contributed by atoms with E-state index in [9.17, 15) is 14.7 Å². The van der Waals surface area contributed by atoms with Crippen LogP contribution in [0, 0.1) is 0 Å². The second kappa shape index (κ2) is 6.12. The summed E-state index contributed by atoms with van der Waals surface area (Å²) in [5.74, 6) is -1.01. The fourth-order valence-electron chi connectivity index (χ4n) is 1.95. The standard InChI is InChI=1S/C11H18O7/c1-5(16-6(2)12)8-9(17-7(3)13)10(15-4)11(14)18-8/h5,8-11,14H,1-4H3/t5-,8-,9+,10+,11?/m0/s1. The summed E-state index contributed by atoms with van der Waals surface area (Å²) in [6, 6.07) is 0. The van der Waals surface area contributed by atoms with Crippen molar-refractivity contribution in [2.75, 3.05) is 7.11 Å². The smallest absolute Gasteiger partial charge is 0.303 e. The molecule has 0 aliphatic carbocycles. The van der Waals surface area contributed by atoms with Crippen LogP contribution in [0.5, 0.6) is 0 Å². The van der Waals surface area contributed by atoms with E-state index in [1.54, 1.807) is 6.92 Å². The van der Waals surface area contributed by atoms with Gasteiger partial charge in [0.15, 0.2) is 12.4 Å². The molecule has 1 saturated heterocycles. The highest BCUT2D eigenvalue weighted by atomic mass is 16.7. The highest BCUT2D eigenvalue weighted by Gasteiger charge is 2.49. The molecule has 18 heavy (non-hydrogen) atoms. The molecule has 0 aromatic rings. The van der Waals surface area contributed by atoms with Crippen molar-refractivity contribution in [1.82, 2.24) is 0 Å². The highest BCUT2D eigenvalue weighted by Crippen LogP contribution is 2.28. The molecule has 0 aromatic carbocycles. The molecule has 5 atom stereocenters. The molecule has 0 bridgehead atoms. The first kappa shape index (κ1) is 14.9. The zero-order valence-corrected chi connectivity index (χ0v) is 10.8. The van der Waals surface area contributed by atoms with Crippen molar-refractivity contribution in [3.05, 3.63) is 0 Å². The Morgan fingerprint density at radius 2 is 1.83 bits per heavy atom. The minimum Gasteiger partial charge on any atom is -0.460 e. The minimum atomic E-state index is -1.23. The number of carbonyl (C=O) groups is 2. The van der Waals surface area contributed by atoms with Crippen LogP contribution < -0.4 is 0 Å². The molecule has 1 fully saturated rings. The summed E-state index contributed by atoms with van der Waals surface area (Å²) < 4.78 is 20.3. The zero-order valence-electron chi connectivity index (χ0n) is 10.8. The van der Waals surface area contributed by atoms with Crippen molar-refractivity contribution >= 4 is 11.9 Å². The minimum absolute atomic E-state index is 0.483. The zero-order chi connectivity index (χ0) is 13.9. The average molecular weight is 262 g/mol. The number of carbonyl (C=O) groups excluding carboxylic acids is 2. The van der Waals surface area contributed by atoms with Crippen molar-refractivity contribution < 1.29 is 33.6 Å². The van der Waals surface area contributed by atoms with E-state index in [1.165, 1.54) is 21.0 Å². The lowest BCUT2D eigenvalue weighted by Gasteiger charge is -2.25. The summed E-state index contributed by atoms with van der Waals surface area (Å²) in [4.78, 5) is 21.9. The van der Waals surface area contributed by atoms with Crippen LogP contribution in [0.15, 0.2) is 0 Å². The predicted molar refractivity (Wildman–Crippen MR) is 58.5 cm³/mol. The molecular formula is C11H18O7. The van der Waals surface area contributed by atoms with Gasteiger partial charge in [0.1, 0.15) is 18.3 Å².